The molecule has 0 aliphatic rings. The predicted octanol–water partition coefficient (Wildman–Crippen LogP) is 5.91. The van der Waals surface area contributed by atoms with E-state index in [0.717, 1.165) is 27.0 Å². The Morgan fingerprint density at radius 1 is 1.04 bits per heavy atom. The van der Waals surface area contributed by atoms with Crippen LogP contribution in [0.4, 0.5) is 0 Å². The van der Waals surface area contributed by atoms with E-state index in [1.54, 1.807) is 11.8 Å². The molecular weight excluding hydrogens is 368 g/mol. The molecule has 0 unspecified atom stereocenters. The fraction of sp³-hybridized carbons (Fsp3) is 0.208. The second-order valence-corrected chi connectivity index (χ2v) is 7.71. The molecule has 0 radical (unpaired) electrons. The van der Waals surface area contributed by atoms with Gasteiger partial charge in [-0.3, -0.25) is 0 Å². The first-order chi connectivity index (χ1) is 13.5. The maximum absolute atomic E-state index is 12.2. The summed E-state index contributed by atoms with van der Waals surface area (Å²) < 4.78 is 10.1. The Morgan fingerprint density at radius 3 is 2.61 bits per heavy atom. The molecule has 0 N–H and O–H groups in total. The van der Waals surface area contributed by atoms with Crippen LogP contribution in [0.2, 0.25) is 0 Å². The minimum atomic E-state index is -0.414. The van der Waals surface area contributed by atoms with Crippen molar-refractivity contribution in [1.82, 2.24) is 0 Å². The monoisotopic (exact) mass is 392 g/mol. The molecule has 0 fully saturated rings. The van der Waals surface area contributed by atoms with Crippen molar-refractivity contribution >= 4 is 34.1 Å². The average Bonchev–Trinajstić information content (AvgIpc) is 2.71. The number of esters is 1. The standard InChI is InChI=1S/C24H24O3S/c1-16-8-9-17(2)19(12-16)15-28-20-11-10-18-6-5-7-21(22(18)13-20)23(14-26-3)24(25)27-4/h5-14H,15H2,1-4H3/b23-14+. The Bertz CT molecular complexity index is 1040. The number of carbonyl (C=O) groups is 1. The van der Waals surface area contributed by atoms with Crippen molar-refractivity contribution in [2.45, 2.75) is 24.5 Å². The molecule has 0 saturated carbocycles. The third-order valence-corrected chi connectivity index (χ3v) is 5.73. The summed E-state index contributed by atoms with van der Waals surface area (Å²) in [4.78, 5) is 13.4. The van der Waals surface area contributed by atoms with Crippen LogP contribution < -0.4 is 0 Å². The Kier molecular flexibility index (Phi) is 6.42. The number of hydrogen-bond donors (Lipinski definition) is 0. The molecular formula is C24H24O3S. The first-order valence-corrected chi connectivity index (χ1v) is 10.1. The van der Waals surface area contributed by atoms with E-state index in [1.165, 1.54) is 37.2 Å². The lowest BCUT2D eigenvalue weighted by Crippen LogP contribution is -2.05. The topological polar surface area (TPSA) is 35.5 Å². The Balaban J connectivity index is 1.97. The maximum Gasteiger partial charge on any atom is 0.341 e. The second kappa shape index (κ2) is 8.98. The van der Waals surface area contributed by atoms with E-state index >= 15 is 0 Å². The number of methoxy groups -OCH3 is 2. The fourth-order valence-electron chi connectivity index (χ4n) is 3.14. The van der Waals surface area contributed by atoms with Crippen LogP contribution in [0.3, 0.4) is 0 Å². The molecule has 3 nitrogen and oxygen atoms in total. The Labute approximate surface area is 170 Å². The van der Waals surface area contributed by atoms with Crippen LogP contribution in [0.1, 0.15) is 22.3 Å². The normalized spacial score (nSPS) is 11.5. The van der Waals surface area contributed by atoms with Gasteiger partial charge < -0.3 is 9.47 Å². The molecule has 0 saturated heterocycles. The van der Waals surface area contributed by atoms with Gasteiger partial charge in [0.1, 0.15) is 5.57 Å². The van der Waals surface area contributed by atoms with Gasteiger partial charge in [0.2, 0.25) is 0 Å². The molecule has 4 heteroatoms. The highest BCUT2D eigenvalue weighted by Gasteiger charge is 2.16. The van der Waals surface area contributed by atoms with E-state index in [0.29, 0.717) is 5.57 Å². The summed E-state index contributed by atoms with van der Waals surface area (Å²) in [7, 11) is 2.90. The number of benzene rings is 3. The van der Waals surface area contributed by atoms with Crippen LogP contribution >= 0.6 is 11.8 Å². The molecule has 3 aromatic rings. The summed E-state index contributed by atoms with van der Waals surface area (Å²) in [5.74, 6) is 0.488. The van der Waals surface area contributed by atoms with Gasteiger partial charge in [-0.05, 0) is 53.4 Å². The largest absolute Gasteiger partial charge is 0.503 e. The van der Waals surface area contributed by atoms with Crippen LogP contribution in [0, 0.1) is 13.8 Å². The van der Waals surface area contributed by atoms with Crippen molar-refractivity contribution in [3.8, 4) is 0 Å². The van der Waals surface area contributed by atoms with Gasteiger partial charge in [-0.15, -0.1) is 11.8 Å². The predicted molar refractivity (Wildman–Crippen MR) is 116 cm³/mol. The summed E-state index contributed by atoms with van der Waals surface area (Å²) in [5, 5.41) is 2.07. The van der Waals surface area contributed by atoms with E-state index in [2.05, 4.69) is 50.2 Å². The molecule has 0 bridgehead atoms. The van der Waals surface area contributed by atoms with Gasteiger partial charge in [-0.25, -0.2) is 4.79 Å². The number of ether oxygens (including phenoxy) is 2. The highest BCUT2D eigenvalue weighted by molar-refractivity contribution is 7.98. The zero-order valence-corrected chi connectivity index (χ0v) is 17.4. The van der Waals surface area contributed by atoms with Crippen molar-refractivity contribution < 1.29 is 14.3 Å². The Hall–Kier alpha value is -2.72. The summed E-state index contributed by atoms with van der Waals surface area (Å²) in [6.45, 7) is 4.26. The van der Waals surface area contributed by atoms with Gasteiger partial charge in [0.25, 0.3) is 0 Å². The molecule has 28 heavy (non-hydrogen) atoms. The molecule has 0 aliphatic heterocycles. The van der Waals surface area contributed by atoms with Gasteiger partial charge >= 0.3 is 5.97 Å². The Morgan fingerprint density at radius 2 is 1.86 bits per heavy atom. The SMILES string of the molecule is CO/C=C(/C(=O)OC)c1cccc2ccc(SCc3cc(C)ccc3C)cc12. The van der Waals surface area contributed by atoms with Crippen LogP contribution in [0.5, 0.6) is 0 Å². The van der Waals surface area contributed by atoms with Gasteiger partial charge in [0.05, 0.1) is 20.5 Å². The minimum absolute atomic E-state index is 0.410. The van der Waals surface area contributed by atoms with Crippen molar-refractivity contribution in [2.24, 2.45) is 0 Å². The fourth-order valence-corrected chi connectivity index (χ4v) is 4.14. The van der Waals surface area contributed by atoms with Gasteiger partial charge in [-0.2, -0.15) is 0 Å². The van der Waals surface area contributed by atoms with Crippen LogP contribution in [0.25, 0.3) is 16.3 Å². The van der Waals surface area contributed by atoms with Crippen molar-refractivity contribution in [2.75, 3.05) is 14.2 Å². The summed E-state index contributed by atoms with van der Waals surface area (Å²) >= 11 is 1.79. The van der Waals surface area contributed by atoms with E-state index in [1.807, 2.05) is 18.2 Å². The minimum Gasteiger partial charge on any atom is -0.503 e. The molecule has 0 aliphatic carbocycles. The summed E-state index contributed by atoms with van der Waals surface area (Å²) in [5.41, 5.74) is 5.13. The number of rotatable bonds is 6. The lowest BCUT2D eigenvalue weighted by Gasteiger charge is -2.11. The van der Waals surface area contributed by atoms with Gasteiger partial charge in [0, 0.05) is 10.6 Å². The molecule has 3 rings (SSSR count). The van der Waals surface area contributed by atoms with E-state index in [9.17, 15) is 4.79 Å². The summed E-state index contributed by atoms with van der Waals surface area (Å²) in [6.07, 6.45) is 1.44. The van der Waals surface area contributed by atoms with Crippen LogP contribution in [0.15, 0.2) is 65.8 Å². The quantitative estimate of drug-likeness (QED) is 0.226. The zero-order valence-electron chi connectivity index (χ0n) is 16.6. The highest BCUT2D eigenvalue weighted by Crippen LogP contribution is 2.32. The van der Waals surface area contributed by atoms with E-state index in [-0.39, 0.29) is 0 Å². The first kappa shape index (κ1) is 20.0. The molecule has 0 heterocycles. The number of thioether (sulfide) groups is 1. The number of carbonyl (C=O) groups excluding carboxylic acids is 1. The molecule has 3 aromatic carbocycles. The van der Waals surface area contributed by atoms with Crippen molar-refractivity contribution in [3.63, 3.8) is 0 Å². The second-order valence-electron chi connectivity index (χ2n) is 6.67. The lowest BCUT2D eigenvalue weighted by molar-refractivity contribution is -0.133. The summed E-state index contributed by atoms with van der Waals surface area (Å²) in [6, 6.07) is 18.8. The number of hydrogen-bond acceptors (Lipinski definition) is 4. The first-order valence-electron chi connectivity index (χ1n) is 9.07. The zero-order chi connectivity index (χ0) is 20.1. The average molecular weight is 393 g/mol. The van der Waals surface area contributed by atoms with E-state index in [4.69, 9.17) is 9.47 Å². The molecule has 0 atom stereocenters. The lowest BCUT2D eigenvalue weighted by atomic mass is 9.99. The maximum atomic E-state index is 12.2. The number of fused-ring (bicyclic) bond motifs is 1. The molecule has 0 amide bonds. The molecule has 0 spiro atoms. The molecule has 144 valence electrons. The number of aryl methyl sites for hydroxylation is 2. The van der Waals surface area contributed by atoms with Crippen molar-refractivity contribution in [3.05, 3.63) is 83.1 Å². The van der Waals surface area contributed by atoms with Gasteiger partial charge in [0.15, 0.2) is 0 Å². The van der Waals surface area contributed by atoms with Crippen LogP contribution in [-0.2, 0) is 20.0 Å². The van der Waals surface area contributed by atoms with Gasteiger partial charge in [-0.1, -0.05) is 48.0 Å². The smallest absolute Gasteiger partial charge is 0.341 e. The third kappa shape index (κ3) is 4.39. The molecule has 0 aromatic heterocycles. The van der Waals surface area contributed by atoms with E-state index < -0.39 is 5.97 Å². The van der Waals surface area contributed by atoms with Crippen molar-refractivity contribution in [1.29, 1.82) is 0 Å². The van der Waals surface area contributed by atoms with Crippen LogP contribution in [-0.4, -0.2) is 20.2 Å². The third-order valence-electron chi connectivity index (χ3n) is 4.68. The highest BCUT2D eigenvalue weighted by atomic mass is 32.2.